The Labute approximate surface area is 395 Å². The first-order valence-electron chi connectivity index (χ1n) is 18.9. The van der Waals surface area contributed by atoms with Crippen molar-refractivity contribution in [1.82, 2.24) is 15.0 Å². The summed E-state index contributed by atoms with van der Waals surface area (Å²) in [6.07, 6.45) is -0.264. The average molecular weight is 1020 g/mol. The fraction of sp³-hybridized carbons (Fsp3) is 0.154. The molecule has 5 rings (SSSR count). The molecule has 0 amide bonds. The molecule has 1 heterocycles. The van der Waals surface area contributed by atoms with Crippen molar-refractivity contribution in [1.29, 1.82) is 0 Å². The minimum atomic E-state index is -4.43. The number of phenols is 1. The van der Waals surface area contributed by atoms with Crippen LogP contribution >= 0.6 is 23.2 Å². The molecular formula is C39H32Cl2N10O17S. The zero-order chi connectivity index (χ0) is 50.9. The molecule has 4 aromatic carbocycles. The molecule has 360 valence electrons. The summed E-state index contributed by atoms with van der Waals surface area (Å²) in [4.78, 5) is 82.7. The lowest BCUT2D eigenvalue weighted by Gasteiger charge is -2.19. The van der Waals surface area contributed by atoms with Gasteiger partial charge in [-0.15, -0.1) is 10.2 Å². The van der Waals surface area contributed by atoms with Gasteiger partial charge in [-0.2, -0.15) is 33.6 Å². The third-order valence-corrected chi connectivity index (χ3v) is 10.3. The number of aromatic carboxylic acids is 4. The van der Waals surface area contributed by atoms with Crippen LogP contribution in [0, 0.1) is 5.92 Å². The summed E-state index contributed by atoms with van der Waals surface area (Å²) in [5.41, 5.74) is -2.81. The van der Waals surface area contributed by atoms with Gasteiger partial charge in [0.1, 0.15) is 28.9 Å². The van der Waals surface area contributed by atoms with E-state index in [1.54, 1.807) is 0 Å². The maximum atomic E-state index is 12.2. The highest BCUT2D eigenvalue weighted by atomic mass is 35.5. The zero-order valence-corrected chi connectivity index (χ0v) is 36.9. The predicted octanol–water partition coefficient (Wildman–Crippen LogP) is 7.24. The number of azo groups is 2. The minimum Gasteiger partial charge on any atom is -0.506 e. The molecule has 0 fully saturated rings. The van der Waals surface area contributed by atoms with E-state index >= 15 is 0 Å². The molecular weight excluding hydrogens is 983 g/mol. The normalized spacial score (nSPS) is 12.3. The number of carboxylic acids is 6. The molecule has 30 heteroatoms. The SMILES string of the molecule is CC(C(=O)O)C(Nc1nc(Nc2cc(Cl)c(N=Nc3cc(C(=O)O)cc(C(=O)O)c3)cc2O)nc(Nc2cc(Cl)c(N=Nc3cc(C(=O)O)cc(C(=O)O)c3)cc2OCCCS(=O)(=O)O)n1)C(=O)O. The molecule has 0 spiro atoms. The predicted molar refractivity (Wildman–Crippen MR) is 238 cm³/mol. The largest absolute Gasteiger partial charge is 0.506 e. The number of phenolic OH excluding ortho intramolecular Hbond substituents is 1. The molecule has 69 heavy (non-hydrogen) atoms. The number of anilines is 5. The summed E-state index contributed by atoms with van der Waals surface area (Å²) < 4.78 is 37.8. The Morgan fingerprint density at radius 1 is 0.623 bits per heavy atom. The number of hydrogen-bond donors (Lipinski definition) is 11. The van der Waals surface area contributed by atoms with Gasteiger partial charge in [-0.3, -0.25) is 9.35 Å². The highest BCUT2D eigenvalue weighted by Gasteiger charge is 2.31. The summed E-state index contributed by atoms with van der Waals surface area (Å²) in [7, 11) is -4.43. The molecule has 27 nitrogen and oxygen atoms in total. The molecule has 11 N–H and O–H groups in total. The molecule has 2 atom stereocenters. The van der Waals surface area contributed by atoms with Crippen molar-refractivity contribution in [2.75, 3.05) is 28.3 Å². The van der Waals surface area contributed by atoms with E-state index in [4.69, 9.17) is 27.9 Å². The van der Waals surface area contributed by atoms with Gasteiger partial charge in [0.15, 0.2) is 0 Å². The number of halogens is 2. The van der Waals surface area contributed by atoms with Gasteiger partial charge in [0.25, 0.3) is 10.1 Å². The van der Waals surface area contributed by atoms with Gasteiger partial charge in [0, 0.05) is 12.1 Å². The molecule has 0 radical (unpaired) electrons. The quantitative estimate of drug-likeness (QED) is 0.0141. The number of benzene rings is 4. The van der Waals surface area contributed by atoms with E-state index in [-0.39, 0.29) is 62.9 Å². The van der Waals surface area contributed by atoms with Crippen LogP contribution < -0.4 is 20.7 Å². The fourth-order valence-electron chi connectivity index (χ4n) is 5.52. The second-order valence-corrected chi connectivity index (χ2v) is 16.3. The number of hydrogen-bond acceptors (Lipinski definition) is 20. The highest BCUT2D eigenvalue weighted by Crippen LogP contribution is 2.40. The van der Waals surface area contributed by atoms with Gasteiger partial charge in [0.2, 0.25) is 17.8 Å². The van der Waals surface area contributed by atoms with E-state index in [9.17, 15) is 77.5 Å². The standard InChI is InChI=1S/C39H32Cl2N10O17S/c1-15(31(53)54)30(36(63)64)44-39-46-37(42-26-11-22(40)24(13-28(26)52)50-48-20-7-16(32(55)56)5-17(8-20)33(57)58)45-38(47-39)43-27-12-23(41)25(14-29(27)68-3-2-4-69(65,66)67)51-49-21-9-18(34(59)60)6-19(10-21)35(61)62/h5-15,30,52H,2-4H2,1H3,(H,53,54)(H,55,56)(H,57,58)(H,59,60)(H,61,62)(H,63,64)(H,65,66,67)(H3,42,43,44,45,46,47). The van der Waals surface area contributed by atoms with Gasteiger partial charge >= 0.3 is 35.8 Å². The van der Waals surface area contributed by atoms with Crippen LogP contribution in [0.15, 0.2) is 81.1 Å². The Hall–Kier alpha value is -8.60. The molecule has 0 bridgehead atoms. The van der Waals surface area contributed by atoms with Gasteiger partial charge in [0.05, 0.1) is 73.3 Å². The molecule has 1 aromatic heterocycles. The number of nitrogens with one attached hydrogen (secondary N) is 3. The molecule has 0 saturated heterocycles. The van der Waals surface area contributed by atoms with Crippen molar-refractivity contribution in [2.24, 2.45) is 26.4 Å². The first kappa shape index (κ1) is 51.4. The van der Waals surface area contributed by atoms with Crippen LogP contribution in [0.2, 0.25) is 10.0 Å². The first-order chi connectivity index (χ1) is 32.4. The van der Waals surface area contributed by atoms with Crippen molar-refractivity contribution >= 4 is 121 Å². The van der Waals surface area contributed by atoms with Crippen LogP contribution in [0.1, 0.15) is 54.8 Å². The van der Waals surface area contributed by atoms with Gasteiger partial charge < -0.3 is 56.4 Å². The van der Waals surface area contributed by atoms with Crippen LogP contribution in [0.5, 0.6) is 11.5 Å². The second kappa shape index (κ2) is 21.8. The third kappa shape index (κ3) is 14.2. The summed E-state index contributed by atoms with van der Waals surface area (Å²) in [5, 5.41) is 91.1. The maximum Gasteiger partial charge on any atom is 0.335 e. The minimum absolute atomic E-state index is 0.117. The van der Waals surface area contributed by atoms with Crippen LogP contribution in [0.25, 0.3) is 0 Å². The number of aromatic hydroxyl groups is 1. The summed E-state index contributed by atoms with van der Waals surface area (Å²) >= 11 is 13.0. The number of rotatable bonds is 22. The van der Waals surface area contributed by atoms with E-state index in [2.05, 4.69) is 51.4 Å². The second-order valence-electron chi connectivity index (χ2n) is 13.9. The van der Waals surface area contributed by atoms with Crippen molar-refractivity contribution in [3.63, 3.8) is 0 Å². The van der Waals surface area contributed by atoms with E-state index < -0.39 is 109 Å². The number of aromatic nitrogens is 3. The number of carboxylic acid groups (broad SMARTS) is 6. The number of aliphatic carboxylic acids is 2. The molecule has 0 aliphatic rings. The number of ether oxygens (including phenoxy) is 1. The Bertz CT molecular complexity index is 3020. The van der Waals surface area contributed by atoms with E-state index in [0.717, 1.165) is 61.5 Å². The average Bonchev–Trinajstić information content (AvgIpc) is 3.26. The van der Waals surface area contributed by atoms with Crippen LogP contribution in [-0.4, -0.2) is 118 Å². The maximum absolute atomic E-state index is 12.2. The fourth-order valence-corrected chi connectivity index (χ4v) is 6.40. The molecule has 0 aliphatic heterocycles. The Morgan fingerprint density at radius 3 is 1.49 bits per heavy atom. The highest BCUT2D eigenvalue weighted by molar-refractivity contribution is 7.85. The summed E-state index contributed by atoms with van der Waals surface area (Å²) in [6.45, 7) is 0.703. The van der Waals surface area contributed by atoms with Crippen molar-refractivity contribution < 1.29 is 82.2 Å². The monoisotopic (exact) mass is 1010 g/mol. The molecule has 5 aromatic rings. The van der Waals surface area contributed by atoms with Crippen molar-refractivity contribution in [2.45, 2.75) is 19.4 Å². The van der Waals surface area contributed by atoms with Crippen molar-refractivity contribution in [3.8, 4) is 11.5 Å². The van der Waals surface area contributed by atoms with E-state index in [1.807, 2.05) is 0 Å². The van der Waals surface area contributed by atoms with Gasteiger partial charge in [-0.05, 0) is 61.9 Å². The third-order valence-electron chi connectivity index (χ3n) is 8.86. The molecule has 0 saturated carbocycles. The first-order valence-corrected chi connectivity index (χ1v) is 21.3. The Kier molecular flexibility index (Phi) is 16.2. The van der Waals surface area contributed by atoms with Gasteiger partial charge in [-0.1, -0.05) is 23.2 Å². The smallest absolute Gasteiger partial charge is 0.335 e. The Morgan fingerprint density at radius 2 is 1.06 bits per heavy atom. The van der Waals surface area contributed by atoms with Gasteiger partial charge in [-0.25, -0.2) is 24.0 Å². The lowest BCUT2D eigenvalue weighted by molar-refractivity contribution is -0.148. The summed E-state index contributed by atoms with van der Waals surface area (Å²) in [6, 6.07) is 8.46. The molecule has 2 unspecified atom stereocenters. The van der Waals surface area contributed by atoms with Crippen molar-refractivity contribution in [3.05, 3.63) is 93.0 Å². The Balaban J connectivity index is 1.56. The lowest BCUT2D eigenvalue weighted by Crippen LogP contribution is -2.40. The van der Waals surface area contributed by atoms with Crippen LogP contribution in [0.4, 0.5) is 52.0 Å². The lowest BCUT2D eigenvalue weighted by atomic mass is 10.0. The zero-order valence-electron chi connectivity index (χ0n) is 34.6. The topological polar surface area (TPSA) is 432 Å². The van der Waals surface area contributed by atoms with E-state index in [0.29, 0.717) is 0 Å². The number of nitrogens with zero attached hydrogens (tertiary/aromatic N) is 7. The van der Waals surface area contributed by atoms with E-state index in [1.165, 1.54) is 6.07 Å². The molecule has 0 aliphatic carbocycles. The number of carbonyl (C=O) groups is 6. The van der Waals surface area contributed by atoms with Crippen LogP contribution in [0.3, 0.4) is 0 Å². The summed E-state index contributed by atoms with van der Waals surface area (Å²) in [5.74, 6) is -13.6. The van der Waals surface area contributed by atoms with Crippen LogP contribution in [-0.2, 0) is 19.7 Å².